The number of H-pyrrole nitrogens is 1. The van der Waals surface area contributed by atoms with Crippen LogP contribution in [0, 0.1) is 13.8 Å². The van der Waals surface area contributed by atoms with Gasteiger partial charge in [-0.2, -0.15) is 0 Å². The molecule has 3 rings (SSSR count). The van der Waals surface area contributed by atoms with Gasteiger partial charge in [-0.05, 0) is 37.1 Å². The van der Waals surface area contributed by atoms with Gasteiger partial charge in [0.25, 0.3) is 0 Å². The highest BCUT2D eigenvalue weighted by molar-refractivity contribution is 5.94. The van der Waals surface area contributed by atoms with Crippen LogP contribution in [-0.2, 0) is 4.79 Å². The van der Waals surface area contributed by atoms with E-state index in [0.717, 1.165) is 16.6 Å². The van der Waals surface area contributed by atoms with E-state index in [2.05, 4.69) is 15.2 Å². The Hall–Kier alpha value is -3.15. The van der Waals surface area contributed by atoms with Gasteiger partial charge in [0, 0.05) is 5.39 Å². The number of rotatable bonds is 4. The van der Waals surface area contributed by atoms with Crippen LogP contribution in [0.1, 0.15) is 11.1 Å². The van der Waals surface area contributed by atoms with E-state index in [-0.39, 0.29) is 18.2 Å². The number of hydrogen-bond acceptors (Lipinski definition) is 4. The lowest BCUT2D eigenvalue weighted by atomic mass is 10.1. The van der Waals surface area contributed by atoms with Gasteiger partial charge in [-0.3, -0.25) is 4.79 Å². The summed E-state index contributed by atoms with van der Waals surface area (Å²) in [6, 6.07) is 13.0. The molecule has 24 heavy (non-hydrogen) atoms. The zero-order valence-electron chi connectivity index (χ0n) is 13.4. The average Bonchev–Trinajstić information content (AvgIpc) is 2.89. The van der Waals surface area contributed by atoms with Crippen LogP contribution < -0.4 is 4.74 Å². The molecule has 6 nitrogen and oxygen atoms in total. The summed E-state index contributed by atoms with van der Waals surface area (Å²) in [4.78, 5) is 14.7. The summed E-state index contributed by atoms with van der Waals surface area (Å²) in [5.41, 5.74) is 2.96. The number of aromatic amines is 1. The van der Waals surface area contributed by atoms with Crippen LogP contribution in [0.4, 0.5) is 5.69 Å². The number of aromatic nitrogens is 1. The Bertz CT molecular complexity index is 928. The number of nitrogens with one attached hydrogen (secondary N) is 1. The first kappa shape index (κ1) is 15.7. The Balaban J connectivity index is 1.71. The third-order valence-corrected chi connectivity index (χ3v) is 3.62. The van der Waals surface area contributed by atoms with Gasteiger partial charge in [-0.25, -0.2) is 0 Å². The molecule has 0 aliphatic rings. The van der Waals surface area contributed by atoms with Crippen molar-refractivity contribution < 1.29 is 14.6 Å². The van der Waals surface area contributed by atoms with Gasteiger partial charge in [-0.1, -0.05) is 30.3 Å². The first-order valence-electron chi connectivity index (χ1n) is 7.49. The number of aromatic hydroxyl groups is 1. The third-order valence-electron chi connectivity index (χ3n) is 3.62. The maximum atomic E-state index is 11.9. The van der Waals surface area contributed by atoms with Crippen molar-refractivity contribution in [3.8, 4) is 11.6 Å². The van der Waals surface area contributed by atoms with Gasteiger partial charge < -0.3 is 14.8 Å². The van der Waals surface area contributed by atoms with Crippen molar-refractivity contribution in [1.29, 1.82) is 0 Å². The van der Waals surface area contributed by atoms with E-state index in [0.29, 0.717) is 11.1 Å². The smallest absolute Gasteiger partial charge is 0.302 e. The normalized spacial score (nSPS) is 11.2. The summed E-state index contributed by atoms with van der Waals surface area (Å²) in [5, 5.41) is 18.1. The molecule has 0 atom stereocenters. The third kappa shape index (κ3) is 3.27. The van der Waals surface area contributed by atoms with Gasteiger partial charge in [0.05, 0.1) is 5.52 Å². The van der Waals surface area contributed by atoms with E-state index in [1.807, 2.05) is 44.2 Å². The summed E-state index contributed by atoms with van der Waals surface area (Å²) in [7, 11) is 0. The van der Waals surface area contributed by atoms with Crippen LogP contribution in [0.25, 0.3) is 10.9 Å². The number of nitrogens with zero attached hydrogens (tertiary/aromatic N) is 2. The number of benzene rings is 2. The number of amides is 1. The fourth-order valence-corrected chi connectivity index (χ4v) is 2.35. The lowest BCUT2D eigenvalue weighted by molar-refractivity contribution is -0.120. The molecule has 0 aliphatic heterocycles. The van der Waals surface area contributed by atoms with Crippen molar-refractivity contribution in [3.05, 3.63) is 53.6 Å². The first-order valence-corrected chi connectivity index (χ1v) is 7.49. The van der Waals surface area contributed by atoms with Crippen LogP contribution >= 0.6 is 0 Å². The number of azo groups is 1. The number of fused-ring (bicyclic) bond motifs is 1. The summed E-state index contributed by atoms with van der Waals surface area (Å²) < 4.78 is 5.49. The van der Waals surface area contributed by atoms with Crippen molar-refractivity contribution in [3.63, 3.8) is 0 Å². The number of para-hydroxylation sites is 1. The molecule has 0 saturated carbocycles. The maximum Gasteiger partial charge on any atom is 0.302 e. The topological polar surface area (TPSA) is 87.0 Å². The van der Waals surface area contributed by atoms with Crippen molar-refractivity contribution in [2.75, 3.05) is 6.61 Å². The van der Waals surface area contributed by atoms with Crippen LogP contribution in [0.5, 0.6) is 11.6 Å². The molecule has 0 saturated heterocycles. The molecular weight excluding hydrogens is 306 g/mol. The Kier molecular flexibility index (Phi) is 4.29. The first-order chi connectivity index (χ1) is 11.5. The van der Waals surface area contributed by atoms with Crippen LogP contribution in [-0.4, -0.2) is 22.6 Å². The molecule has 1 amide bonds. The highest BCUT2D eigenvalue weighted by atomic mass is 16.5. The maximum absolute atomic E-state index is 11.9. The molecule has 3 aromatic rings. The highest BCUT2D eigenvalue weighted by Gasteiger charge is 2.10. The Morgan fingerprint density at radius 3 is 2.83 bits per heavy atom. The number of ether oxygens (including phenoxy) is 1. The molecule has 0 spiro atoms. The summed E-state index contributed by atoms with van der Waals surface area (Å²) >= 11 is 0. The molecule has 2 N–H and O–H groups in total. The predicted molar refractivity (Wildman–Crippen MR) is 90.9 cm³/mol. The highest BCUT2D eigenvalue weighted by Crippen LogP contribution is 2.35. The lowest BCUT2D eigenvalue weighted by Gasteiger charge is -2.07. The number of carbonyl (C=O) groups is 1. The minimum Gasteiger partial charge on any atom is -0.493 e. The fraction of sp³-hybridized carbons (Fsp3) is 0.167. The fourth-order valence-electron chi connectivity index (χ4n) is 2.35. The van der Waals surface area contributed by atoms with E-state index in [1.54, 1.807) is 12.1 Å². The predicted octanol–water partition coefficient (Wildman–Crippen LogP) is 4.18. The van der Waals surface area contributed by atoms with Crippen molar-refractivity contribution in [2.45, 2.75) is 13.8 Å². The SMILES string of the molecule is Cc1ccc(C)c(OCC(=O)N=Nc2c(O)[nH]c3ccccc23)c1. The standard InChI is InChI=1S/C18H17N3O3/c1-11-7-8-12(2)15(9-11)24-10-16(22)20-21-17-13-5-3-4-6-14(13)19-18(17)23/h3-9,19,23H,10H2,1-2H3. The molecule has 1 heterocycles. The van der Waals surface area contributed by atoms with Crippen LogP contribution in [0.3, 0.4) is 0 Å². The quantitative estimate of drug-likeness (QED) is 0.706. The van der Waals surface area contributed by atoms with E-state index >= 15 is 0 Å². The van der Waals surface area contributed by atoms with Gasteiger partial charge in [-0.15, -0.1) is 10.2 Å². The van der Waals surface area contributed by atoms with Crippen LogP contribution in [0.15, 0.2) is 52.7 Å². The second-order valence-electron chi connectivity index (χ2n) is 5.52. The monoisotopic (exact) mass is 323 g/mol. The molecule has 0 bridgehead atoms. The molecule has 122 valence electrons. The van der Waals surface area contributed by atoms with Gasteiger partial charge in [0.1, 0.15) is 5.75 Å². The molecule has 0 unspecified atom stereocenters. The average molecular weight is 323 g/mol. The second-order valence-corrected chi connectivity index (χ2v) is 5.52. The summed E-state index contributed by atoms with van der Waals surface area (Å²) in [6.45, 7) is 3.65. The Morgan fingerprint density at radius 2 is 2.00 bits per heavy atom. The minimum atomic E-state index is -0.527. The molecule has 0 fully saturated rings. The largest absolute Gasteiger partial charge is 0.493 e. The molecule has 0 radical (unpaired) electrons. The van der Waals surface area contributed by atoms with Gasteiger partial charge in [0.2, 0.25) is 5.88 Å². The number of carbonyl (C=O) groups excluding carboxylic acids is 1. The van der Waals surface area contributed by atoms with E-state index in [9.17, 15) is 9.90 Å². The lowest BCUT2D eigenvalue weighted by Crippen LogP contribution is -2.08. The van der Waals surface area contributed by atoms with Crippen LogP contribution in [0.2, 0.25) is 0 Å². The molecular formula is C18H17N3O3. The number of hydrogen-bond donors (Lipinski definition) is 2. The van der Waals surface area contributed by atoms with Gasteiger partial charge in [0.15, 0.2) is 12.3 Å². The van der Waals surface area contributed by atoms with E-state index in [1.165, 1.54) is 0 Å². The molecule has 6 heteroatoms. The Morgan fingerprint density at radius 1 is 1.21 bits per heavy atom. The minimum absolute atomic E-state index is 0.122. The van der Waals surface area contributed by atoms with Gasteiger partial charge >= 0.3 is 5.91 Å². The van der Waals surface area contributed by atoms with E-state index < -0.39 is 5.91 Å². The molecule has 0 aliphatic carbocycles. The molecule has 2 aromatic carbocycles. The zero-order chi connectivity index (χ0) is 17.1. The summed E-state index contributed by atoms with van der Waals surface area (Å²) in [6.07, 6.45) is 0. The Labute approximate surface area is 138 Å². The molecule has 1 aromatic heterocycles. The number of aryl methyl sites for hydroxylation is 2. The van der Waals surface area contributed by atoms with Crippen molar-refractivity contribution >= 4 is 22.5 Å². The van der Waals surface area contributed by atoms with Crippen molar-refractivity contribution in [2.24, 2.45) is 10.2 Å². The van der Waals surface area contributed by atoms with Crippen molar-refractivity contribution in [1.82, 2.24) is 4.98 Å². The summed E-state index contributed by atoms with van der Waals surface area (Å²) in [5.74, 6) is -0.00252. The zero-order valence-corrected chi connectivity index (χ0v) is 13.4. The second kappa shape index (κ2) is 6.54. The van der Waals surface area contributed by atoms with E-state index in [4.69, 9.17) is 4.74 Å².